The Morgan fingerprint density at radius 2 is 0.576 bits per heavy atom. The number of hydrogen-bond donors (Lipinski definition) is 1. The number of ether oxygens (including phenoxy) is 2. The van der Waals surface area contributed by atoms with Crippen molar-refractivity contribution in [1.29, 1.82) is 0 Å². The van der Waals surface area contributed by atoms with Crippen molar-refractivity contribution in [3.05, 3.63) is 0 Å². The summed E-state index contributed by atoms with van der Waals surface area (Å²) < 4.78 is 10.7. The lowest BCUT2D eigenvalue weighted by Gasteiger charge is -2.14. The SMILES string of the molecule is C.C.C.C.C.CC(C)CC(O)CC(C)C.CC(C)COCC(C)C.CC(C)COCC(C)C. The van der Waals surface area contributed by atoms with Crippen molar-refractivity contribution in [2.45, 2.75) is 139 Å². The predicted molar refractivity (Wildman–Crippen MR) is 160 cm³/mol. The van der Waals surface area contributed by atoms with Gasteiger partial charge in [0.05, 0.1) is 6.10 Å². The van der Waals surface area contributed by atoms with Crippen molar-refractivity contribution in [3.63, 3.8) is 0 Å². The minimum absolute atomic E-state index is 0. The van der Waals surface area contributed by atoms with Crippen LogP contribution in [0.5, 0.6) is 0 Å². The van der Waals surface area contributed by atoms with E-state index in [0.717, 1.165) is 39.3 Å². The van der Waals surface area contributed by atoms with Crippen LogP contribution < -0.4 is 0 Å². The van der Waals surface area contributed by atoms with Crippen LogP contribution in [-0.4, -0.2) is 37.6 Å². The molecule has 1 N–H and O–H groups in total. The van der Waals surface area contributed by atoms with Gasteiger partial charge in [0.15, 0.2) is 0 Å². The molecule has 0 bridgehead atoms. The molecule has 0 rings (SSSR count). The first kappa shape index (κ1) is 54.0. The van der Waals surface area contributed by atoms with E-state index in [1.165, 1.54) is 0 Å². The Bertz CT molecular complexity index is 240. The van der Waals surface area contributed by atoms with Gasteiger partial charge in [0.2, 0.25) is 0 Å². The fraction of sp³-hybridized carbons (Fsp3) is 1.00. The van der Waals surface area contributed by atoms with Gasteiger partial charge >= 0.3 is 0 Å². The smallest absolute Gasteiger partial charge is 0.0545 e. The lowest BCUT2D eigenvalue weighted by atomic mass is 9.98. The molecule has 0 aromatic carbocycles. The van der Waals surface area contributed by atoms with Crippen molar-refractivity contribution in [3.8, 4) is 0 Å². The maximum atomic E-state index is 9.39. The fourth-order valence-electron chi connectivity index (χ4n) is 2.26. The zero-order valence-electron chi connectivity index (χ0n) is 21.5. The molecule has 0 saturated carbocycles. The molecule has 33 heavy (non-hydrogen) atoms. The fourth-order valence-corrected chi connectivity index (χ4v) is 2.26. The molecule has 0 amide bonds. The molecule has 0 atom stereocenters. The Morgan fingerprint density at radius 3 is 0.697 bits per heavy atom. The zero-order valence-corrected chi connectivity index (χ0v) is 21.5. The second kappa shape index (κ2) is 36.4. The highest BCUT2D eigenvalue weighted by Gasteiger charge is 2.08. The molecule has 0 aliphatic rings. The summed E-state index contributed by atoms with van der Waals surface area (Å²) in [6.45, 7) is 29.5. The van der Waals surface area contributed by atoms with Gasteiger partial charge in [0.1, 0.15) is 0 Å². The van der Waals surface area contributed by atoms with Crippen LogP contribution in [0, 0.1) is 35.5 Å². The number of aliphatic hydroxyl groups is 1. The molecule has 214 valence electrons. The minimum Gasteiger partial charge on any atom is -0.393 e. The normalized spacial score (nSPS) is 9.82. The number of aliphatic hydroxyl groups excluding tert-OH is 1. The second-order valence-corrected chi connectivity index (χ2v) is 10.6. The maximum absolute atomic E-state index is 9.39. The van der Waals surface area contributed by atoms with Gasteiger partial charge in [-0.25, -0.2) is 0 Å². The first-order chi connectivity index (χ1) is 12.8. The summed E-state index contributed by atoms with van der Waals surface area (Å²) in [5.74, 6) is 3.92. The van der Waals surface area contributed by atoms with Gasteiger partial charge in [0.25, 0.3) is 0 Å². The average molecular weight is 485 g/mol. The Hall–Kier alpha value is -0.120. The van der Waals surface area contributed by atoms with E-state index in [9.17, 15) is 5.11 Å². The third-order valence-electron chi connectivity index (χ3n) is 3.29. The first-order valence-electron chi connectivity index (χ1n) is 11.6. The Morgan fingerprint density at radius 1 is 0.394 bits per heavy atom. The summed E-state index contributed by atoms with van der Waals surface area (Å²) in [4.78, 5) is 0. The van der Waals surface area contributed by atoms with E-state index in [4.69, 9.17) is 9.47 Å². The van der Waals surface area contributed by atoms with Crippen molar-refractivity contribution >= 4 is 0 Å². The quantitative estimate of drug-likeness (QED) is 0.299. The Labute approximate surface area is 215 Å². The predicted octanol–water partition coefficient (Wildman–Crippen LogP) is 10.2. The molecule has 0 fully saturated rings. The van der Waals surface area contributed by atoms with Crippen LogP contribution in [0.1, 0.15) is 133 Å². The highest BCUT2D eigenvalue weighted by atomic mass is 16.5. The molecule has 0 aliphatic heterocycles. The van der Waals surface area contributed by atoms with Crippen LogP contribution in [0.4, 0.5) is 0 Å². The number of hydrogen-bond acceptors (Lipinski definition) is 3. The molecule has 0 unspecified atom stereocenters. The van der Waals surface area contributed by atoms with Crippen LogP contribution in [0.3, 0.4) is 0 Å². The Kier molecular flexibility index (Phi) is 59.6. The summed E-state index contributed by atoms with van der Waals surface area (Å²) in [5.41, 5.74) is 0. The van der Waals surface area contributed by atoms with Crippen LogP contribution >= 0.6 is 0 Å². The van der Waals surface area contributed by atoms with E-state index >= 15 is 0 Å². The summed E-state index contributed by atoms with van der Waals surface area (Å²) in [7, 11) is 0. The van der Waals surface area contributed by atoms with Crippen molar-refractivity contribution in [2.75, 3.05) is 26.4 Å². The van der Waals surface area contributed by atoms with E-state index in [-0.39, 0.29) is 43.2 Å². The molecule has 3 nitrogen and oxygen atoms in total. The lowest BCUT2D eigenvalue weighted by Crippen LogP contribution is -2.12. The van der Waals surface area contributed by atoms with Crippen LogP contribution in [-0.2, 0) is 9.47 Å². The summed E-state index contributed by atoms with van der Waals surface area (Å²) in [6, 6.07) is 0. The molecule has 0 radical (unpaired) electrons. The van der Waals surface area contributed by atoms with Gasteiger partial charge in [0, 0.05) is 26.4 Å². The highest BCUT2D eigenvalue weighted by molar-refractivity contribution is 4.60. The first-order valence-corrected chi connectivity index (χ1v) is 11.6. The van der Waals surface area contributed by atoms with Crippen LogP contribution in [0.2, 0.25) is 0 Å². The second-order valence-electron chi connectivity index (χ2n) is 10.6. The van der Waals surface area contributed by atoms with E-state index in [1.807, 2.05) is 0 Å². The third-order valence-corrected chi connectivity index (χ3v) is 3.29. The van der Waals surface area contributed by atoms with Gasteiger partial charge in [-0.3, -0.25) is 0 Å². The van der Waals surface area contributed by atoms with Gasteiger partial charge in [-0.2, -0.15) is 0 Å². The van der Waals surface area contributed by atoms with Crippen LogP contribution in [0.25, 0.3) is 0 Å². The minimum atomic E-state index is -0.0833. The average Bonchev–Trinajstić information content (AvgIpc) is 2.44. The highest BCUT2D eigenvalue weighted by Crippen LogP contribution is 2.12. The number of rotatable bonds is 12. The van der Waals surface area contributed by atoms with E-state index in [1.54, 1.807) is 0 Å². The van der Waals surface area contributed by atoms with Crippen LogP contribution in [0.15, 0.2) is 0 Å². The lowest BCUT2D eigenvalue weighted by molar-refractivity contribution is 0.0886. The molecule has 0 aromatic rings. The largest absolute Gasteiger partial charge is 0.393 e. The maximum Gasteiger partial charge on any atom is 0.0545 e. The van der Waals surface area contributed by atoms with E-state index < -0.39 is 0 Å². The molecular weight excluding hydrogens is 408 g/mol. The topological polar surface area (TPSA) is 38.7 Å². The molecular formula is C30H76O3. The van der Waals surface area contributed by atoms with Gasteiger partial charge in [-0.1, -0.05) is 120 Å². The Balaban J connectivity index is -0.0000000441. The van der Waals surface area contributed by atoms with Crippen molar-refractivity contribution in [1.82, 2.24) is 0 Å². The summed E-state index contributed by atoms with van der Waals surface area (Å²) >= 11 is 0. The summed E-state index contributed by atoms with van der Waals surface area (Å²) in [5, 5.41) is 9.39. The monoisotopic (exact) mass is 485 g/mol. The summed E-state index contributed by atoms with van der Waals surface area (Å²) in [6.07, 6.45) is 1.80. The molecule has 0 saturated heterocycles. The molecule has 0 aliphatic carbocycles. The van der Waals surface area contributed by atoms with Gasteiger partial charge in [-0.05, 0) is 48.3 Å². The van der Waals surface area contributed by atoms with Gasteiger partial charge < -0.3 is 14.6 Å². The molecule has 0 aromatic heterocycles. The van der Waals surface area contributed by atoms with Crippen molar-refractivity contribution < 1.29 is 14.6 Å². The van der Waals surface area contributed by atoms with Gasteiger partial charge in [-0.15, -0.1) is 0 Å². The third kappa shape index (κ3) is 72.0. The van der Waals surface area contributed by atoms with E-state index in [2.05, 4.69) is 83.1 Å². The molecule has 0 spiro atoms. The standard InChI is InChI=1S/C9H20O.2C8H18O.5CH4/c1-7(2)5-9(10)6-8(3)4;2*1-7(2)5-9-6-8(3)4;;;;;/h7-10H,5-6H2,1-4H3;2*7-8H,5-6H2,1-4H3;5*1H4. The molecule has 3 heteroatoms. The molecule has 0 heterocycles. The zero-order chi connectivity index (χ0) is 22.7. The van der Waals surface area contributed by atoms with Crippen molar-refractivity contribution in [2.24, 2.45) is 35.5 Å². The van der Waals surface area contributed by atoms with E-state index in [0.29, 0.717) is 35.5 Å².